The van der Waals surface area contributed by atoms with Gasteiger partial charge in [-0.15, -0.1) is 0 Å². The van der Waals surface area contributed by atoms with Gasteiger partial charge in [-0.25, -0.2) is 0 Å². The fraction of sp³-hybridized carbons (Fsp3) is 0.478. The van der Waals surface area contributed by atoms with Crippen LogP contribution in [-0.4, -0.2) is 67.1 Å². The summed E-state index contributed by atoms with van der Waals surface area (Å²) in [7, 11) is 0. The van der Waals surface area contributed by atoms with Crippen molar-refractivity contribution in [2.24, 2.45) is 0 Å². The molecule has 1 unspecified atom stereocenters. The van der Waals surface area contributed by atoms with Gasteiger partial charge >= 0.3 is 0 Å². The van der Waals surface area contributed by atoms with Crippen LogP contribution in [0.1, 0.15) is 16.7 Å². The Labute approximate surface area is 207 Å². The molecule has 1 saturated heterocycles. The average molecular weight is 504 g/mol. The van der Waals surface area contributed by atoms with Crippen molar-refractivity contribution in [3.63, 3.8) is 0 Å². The molecule has 0 saturated carbocycles. The zero-order chi connectivity index (χ0) is 21.1. The first-order chi connectivity index (χ1) is 14.5. The number of β-amino-alcohol motifs (C(OH)–C–C–N with tert-alkyl or cyclic N) is 1. The smallest absolute Gasteiger partial charge is 0.231 e. The van der Waals surface area contributed by atoms with Gasteiger partial charge in [-0.05, 0) is 54.8 Å². The van der Waals surface area contributed by atoms with E-state index in [1.165, 1.54) is 5.56 Å². The lowest BCUT2D eigenvalue weighted by atomic mass is 10.1. The second-order valence-corrected chi connectivity index (χ2v) is 8.48. The fourth-order valence-corrected chi connectivity index (χ4v) is 4.07. The van der Waals surface area contributed by atoms with Crippen LogP contribution in [0, 0.1) is 13.8 Å². The summed E-state index contributed by atoms with van der Waals surface area (Å²) in [6, 6.07) is 9.97. The predicted molar refractivity (Wildman–Crippen MR) is 117 cm³/mol. The molecular weight excluding hydrogens is 475 g/mol. The summed E-state index contributed by atoms with van der Waals surface area (Å²) in [5.41, 5.74) is 3.20. The number of hydrogen-bond donors (Lipinski definition) is 1. The van der Waals surface area contributed by atoms with Gasteiger partial charge in [0.25, 0.3) is 0 Å². The molecule has 2 aromatic rings. The van der Waals surface area contributed by atoms with E-state index in [1.807, 2.05) is 32.0 Å². The lowest BCUT2D eigenvalue weighted by molar-refractivity contribution is -0.00100. The molecule has 2 aliphatic rings. The number of piperazine rings is 1. The highest BCUT2D eigenvalue weighted by molar-refractivity contribution is 6.32. The lowest BCUT2D eigenvalue weighted by Crippen LogP contribution is -3.00. The van der Waals surface area contributed by atoms with Crippen molar-refractivity contribution in [2.45, 2.75) is 26.5 Å². The first kappa shape index (κ1) is 26.8. The molecule has 1 atom stereocenters. The van der Waals surface area contributed by atoms with E-state index < -0.39 is 6.10 Å². The Morgan fingerprint density at radius 2 is 1.59 bits per heavy atom. The van der Waals surface area contributed by atoms with E-state index in [2.05, 4.69) is 21.9 Å². The van der Waals surface area contributed by atoms with Crippen molar-refractivity contribution in [1.82, 2.24) is 9.80 Å². The molecule has 0 bridgehead atoms. The number of aliphatic hydroxyl groups is 1. The van der Waals surface area contributed by atoms with E-state index in [0.717, 1.165) is 66.1 Å². The number of rotatable bonds is 7. The van der Waals surface area contributed by atoms with Crippen LogP contribution in [0.3, 0.4) is 0 Å². The Morgan fingerprint density at radius 3 is 2.28 bits per heavy atom. The van der Waals surface area contributed by atoms with Crippen LogP contribution in [0.5, 0.6) is 17.2 Å². The van der Waals surface area contributed by atoms with Crippen LogP contribution >= 0.6 is 11.6 Å². The molecule has 1 N–H and O–H groups in total. The van der Waals surface area contributed by atoms with Crippen LogP contribution in [0.15, 0.2) is 30.3 Å². The summed E-state index contributed by atoms with van der Waals surface area (Å²) in [5, 5.41) is 11.2. The van der Waals surface area contributed by atoms with Crippen molar-refractivity contribution in [3.05, 3.63) is 52.0 Å². The Hall–Kier alpha value is -1.41. The standard InChI is InChI=1S/C23H29ClN2O4.2ClH/c1-16-9-20(10-17(2)23(16)24)28-14-19(27)13-26-7-5-25(6-8-26)12-18-3-4-21-22(11-18)30-15-29-21;;/h3-4,9-11,19,27H,5-8,12-15H2,1-2H3;2*1H/p-2. The summed E-state index contributed by atoms with van der Waals surface area (Å²) >= 11 is 6.20. The number of ether oxygens (including phenoxy) is 3. The van der Waals surface area contributed by atoms with Crippen LogP contribution in [0.4, 0.5) is 0 Å². The third kappa shape index (κ3) is 6.80. The van der Waals surface area contributed by atoms with E-state index in [9.17, 15) is 5.11 Å². The highest BCUT2D eigenvalue weighted by atomic mass is 35.5. The lowest BCUT2D eigenvalue weighted by Gasteiger charge is -2.35. The molecular formula is C23H29Cl3N2O4-2. The van der Waals surface area contributed by atoms with E-state index in [-0.39, 0.29) is 31.4 Å². The van der Waals surface area contributed by atoms with Crippen LogP contribution in [0.2, 0.25) is 5.02 Å². The Bertz CT molecular complexity index is 869. The Balaban J connectivity index is 0.00000181. The van der Waals surface area contributed by atoms with Crippen molar-refractivity contribution in [1.29, 1.82) is 0 Å². The van der Waals surface area contributed by atoms with Crippen molar-refractivity contribution in [2.75, 3.05) is 46.1 Å². The molecule has 0 spiro atoms. The number of aliphatic hydroxyl groups excluding tert-OH is 1. The Kier molecular flexibility index (Phi) is 10.2. The van der Waals surface area contributed by atoms with Gasteiger partial charge in [0.1, 0.15) is 18.5 Å². The number of fused-ring (bicyclic) bond motifs is 1. The minimum absolute atomic E-state index is 0. The largest absolute Gasteiger partial charge is 1.00 e. The molecule has 1 fully saturated rings. The monoisotopic (exact) mass is 502 g/mol. The zero-order valence-corrected chi connectivity index (χ0v) is 20.6. The fourth-order valence-electron chi connectivity index (χ4n) is 3.96. The van der Waals surface area contributed by atoms with Gasteiger partial charge in [-0.2, -0.15) is 0 Å². The highest BCUT2D eigenvalue weighted by Crippen LogP contribution is 2.33. The first-order valence-electron chi connectivity index (χ1n) is 10.4. The van der Waals surface area contributed by atoms with E-state index in [1.54, 1.807) is 0 Å². The van der Waals surface area contributed by atoms with Gasteiger partial charge in [0.2, 0.25) is 6.79 Å². The highest BCUT2D eigenvalue weighted by Gasteiger charge is 2.21. The average Bonchev–Trinajstić information content (AvgIpc) is 3.20. The molecule has 178 valence electrons. The molecule has 6 nitrogen and oxygen atoms in total. The van der Waals surface area contributed by atoms with E-state index in [0.29, 0.717) is 13.3 Å². The second-order valence-electron chi connectivity index (χ2n) is 8.10. The van der Waals surface area contributed by atoms with Crippen molar-refractivity contribution in [3.8, 4) is 17.2 Å². The topological polar surface area (TPSA) is 54.4 Å². The maximum Gasteiger partial charge on any atom is 0.231 e. The van der Waals surface area contributed by atoms with E-state index >= 15 is 0 Å². The minimum Gasteiger partial charge on any atom is -1.00 e. The maximum absolute atomic E-state index is 10.4. The summed E-state index contributed by atoms with van der Waals surface area (Å²) in [6.45, 7) is 9.81. The van der Waals surface area contributed by atoms with Crippen LogP contribution in [0.25, 0.3) is 0 Å². The number of halogens is 3. The predicted octanol–water partition coefficient (Wildman–Crippen LogP) is -2.75. The first-order valence-corrected chi connectivity index (χ1v) is 10.8. The van der Waals surface area contributed by atoms with Crippen molar-refractivity contribution < 1.29 is 44.1 Å². The summed E-state index contributed by atoms with van der Waals surface area (Å²) < 4.78 is 16.6. The van der Waals surface area contributed by atoms with Gasteiger partial charge in [-0.3, -0.25) is 9.80 Å². The normalized spacial score (nSPS) is 16.8. The second kappa shape index (κ2) is 12.2. The summed E-state index contributed by atoms with van der Waals surface area (Å²) in [4.78, 5) is 4.72. The maximum atomic E-state index is 10.4. The van der Waals surface area contributed by atoms with Crippen molar-refractivity contribution >= 4 is 11.6 Å². The Morgan fingerprint density at radius 1 is 0.969 bits per heavy atom. The molecule has 2 aliphatic heterocycles. The molecule has 0 aliphatic carbocycles. The SMILES string of the molecule is Cc1cc(OCC(O)CN2CCN(Cc3ccc4c(c3)OCO4)CC2)cc(C)c1Cl.[Cl-].[Cl-]. The molecule has 0 amide bonds. The molecule has 4 rings (SSSR count). The zero-order valence-electron chi connectivity index (χ0n) is 18.3. The molecule has 0 aromatic heterocycles. The van der Waals surface area contributed by atoms with Gasteiger partial charge < -0.3 is 44.1 Å². The minimum atomic E-state index is -0.526. The molecule has 9 heteroatoms. The van der Waals surface area contributed by atoms with E-state index in [4.69, 9.17) is 25.8 Å². The number of benzene rings is 2. The molecule has 0 radical (unpaired) electrons. The van der Waals surface area contributed by atoms with Gasteiger partial charge in [0, 0.05) is 44.3 Å². The third-order valence-corrected chi connectivity index (χ3v) is 6.23. The summed E-state index contributed by atoms with van der Waals surface area (Å²) in [5.74, 6) is 2.41. The van der Waals surface area contributed by atoms with Crippen LogP contribution in [-0.2, 0) is 6.54 Å². The number of nitrogens with zero attached hydrogens (tertiary/aromatic N) is 2. The third-order valence-electron chi connectivity index (χ3n) is 5.63. The van der Waals surface area contributed by atoms with Crippen LogP contribution < -0.4 is 39.0 Å². The molecule has 2 heterocycles. The van der Waals surface area contributed by atoms with Gasteiger partial charge in [0.05, 0.1) is 0 Å². The van der Waals surface area contributed by atoms with Gasteiger partial charge in [-0.1, -0.05) is 17.7 Å². The quantitative estimate of drug-likeness (QED) is 0.442. The van der Waals surface area contributed by atoms with Gasteiger partial charge in [0.15, 0.2) is 11.5 Å². The summed E-state index contributed by atoms with van der Waals surface area (Å²) in [6.07, 6.45) is -0.526. The number of hydrogen-bond acceptors (Lipinski definition) is 6. The molecule has 32 heavy (non-hydrogen) atoms. The molecule has 2 aromatic carbocycles. The number of aryl methyl sites for hydroxylation is 2.